The predicted molar refractivity (Wildman–Crippen MR) is 123 cm³/mol. The fourth-order valence-corrected chi connectivity index (χ4v) is 3.88. The summed E-state index contributed by atoms with van der Waals surface area (Å²) in [6, 6.07) is 14.4. The maximum Gasteiger partial charge on any atom is 0.300 e. The third-order valence-corrected chi connectivity index (χ3v) is 5.52. The molecule has 4 rings (SSSR count). The van der Waals surface area contributed by atoms with Crippen LogP contribution in [0.5, 0.6) is 11.5 Å². The molecule has 1 saturated heterocycles. The molecule has 2 aromatic carbocycles. The van der Waals surface area contributed by atoms with Crippen LogP contribution in [0.1, 0.15) is 36.3 Å². The van der Waals surface area contributed by atoms with Crippen molar-refractivity contribution in [1.82, 2.24) is 0 Å². The molecule has 2 heterocycles. The lowest BCUT2D eigenvalue weighted by molar-refractivity contribution is -0.132. The number of aliphatic hydroxyl groups excluding tert-OH is 1. The Morgan fingerprint density at radius 1 is 1.12 bits per heavy atom. The molecule has 7 heteroatoms. The number of Topliss-reactive ketones (excluding diaryl/α,β-unsaturated/α-hetero) is 1. The number of furan rings is 1. The molecule has 0 spiro atoms. The van der Waals surface area contributed by atoms with Gasteiger partial charge in [-0.2, -0.15) is 0 Å². The molecule has 1 aliphatic rings. The maximum absolute atomic E-state index is 13.1. The average molecular weight is 447 g/mol. The second-order valence-corrected chi connectivity index (χ2v) is 7.71. The number of anilines is 1. The summed E-state index contributed by atoms with van der Waals surface area (Å²) in [6.07, 6.45) is 2.34. The lowest BCUT2D eigenvalue weighted by atomic mass is 9.98. The number of ketones is 1. The Balaban J connectivity index is 1.82. The van der Waals surface area contributed by atoms with Gasteiger partial charge in [-0.25, -0.2) is 0 Å². The number of methoxy groups -OCH3 is 1. The number of carbonyl (C=O) groups excluding carboxylic acids is 2. The Morgan fingerprint density at radius 3 is 2.48 bits per heavy atom. The number of ether oxygens (including phenoxy) is 2. The average Bonchev–Trinajstić information content (AvgIpc) is 3.45. The van der Waals surface area contributed by atoms with E-state index in [1.54, 1.807) is 61.7 Å². The zero-order valence-electron chi connectivity index (χ0n) is 18.7. The van der Waals surface area contributed by atoms with Gasteiger partial charge in [0.1, 0.15) is 29.1 Å². The van der Waals surface area contributed by atoms with E-state index < -0.39 is 17.7 Å². The van der Waals surface area contributed by atoms with E-state index in [0.717, 1.165) is 12.0 Å². The van der Waals surface area contributed by atoms with Gasteiger partial charge in [0.15, 0.2) is 0 Å². The number of carbonyl (C=O) groups is 2. The van der Waals surface area contributed by atoms with Crippen molar-refractivity contribution < 1.29 is 28.6 Å². The van der Waals surface area contributed by atoms with Gasteiger partial charge < -0.3 is 19.0 Å². The van der Waals surface area contributed by atoms with E-state index in [2.05, 4.69) is 0 Å². The van der Waals surface area contributed by atoms with Gasteiger partial charge in [0.2, 0.25) is 0 Å². The first-order valence-electron chi connectivity index (χ1n) is 10.7. The highest BCUT2D eigenvalue weighted by atomic mass is 16.5. The van der Waals surface area contributed by atoms with Crippen LogP contribution in [0.25, 0.3) is 5.76 Å². The van der Waals surface area contributed by atoms with Crippen LogP contribution < -0.4 is 14.4 Å². The number of rotatable bonds is 7. The number of amides is 1. The Hall–Kier alpha value is -4.00. The second kappa shape index (κ2) is 9.24. The van der Waals surface area contributed by atoms with Crippen molar-refractivity contribution >= 4 is 23.1 Å². The molecule has 0 aliphatic carbocycles. The summed E-state index contributed by atoms with van der Waals surface area (Å²) in [5.41, 5.74) is 1.68. The summed E-state index contributed by atoms with van der Waals surface area (Å²) in [7, 11) is 1.55. The minimum atomic E-state index is -0.912. The molecule has 0 bridgehead atoms. The van der Waals surface area contributed by atoms with E-state index in [1.807, 2.05) is 13.8 Å². The Labute approximate surface area is 191 Å². The summed E-state index contributed by atoms with van der Waals surface area (Å²) in [5.74, 6) is -0.112. The molecule has 1 N–H and O–H groups in total. The van der Waals surface area contributed by atoms with Gasteiger partial charge in [0.25, 0.3) is 11.7 Å². The van der Waals surface area contributed by atoms with Gasteiger partial charge in [-0.1, -0.05) is 6.92 Å². The summed E-state index contributed by atoms with van der Waals surface area (Å²) >= 11 is 0. The van der Waals surface area contributed by atoms with Crippen molar-refractivity contribution in [1.29, 1.82) is 0 Å². The molecular weight excluding hydrogens is 422 g/mol. The zero-order chi connectivity index (χ0) is 23.5. The van der Waals surface area contributed by atoms with Crippen LogP contribution in [0.3, 0.4) is 0 Å². The van der Waals surface area contributed by atoms with Crippen LogP contribution in [-0.4, -0.2) is 30.5 Å². The van der Waals surface area contributed by atoms with E-state index in [4.69, 9.17) is 13.9 Å². The fraction of sp³-hybridized carbons (Fsp3) is 0.231. The molecule has 7 nitrogen and oxygen atoms in total. The second-order valence-electron chi connectivity index (χ2n) is 7.71. The van der Waals surface area contributed by atoms with Gasteiger partial charge in [-0.3, -0.25) is 14.5 Å². The highest BCUT2D eigenvalue weighted by Crippen LogP contribution is 2.42. The van der Waals surface area contributed by atoms with E-state index in [9.17, 15) is 14.7 Å². The number of benzene rings is 2. The quantitative estimate of drug-likeness (QED) is 0.311. The molecule has 1 atom stereocenters. The molecule has 1 fully saturated rings. The summed E-state index contributed by atoms with van der Waals surface area (Å²) in [4.78, 5) is 27.5. The predicted octanol–water partition coefficient (Wildman–Crippen LogP) is 5.01. The minimum absolute atomic E-state index is 0.0348. The Kier molecular flexibility index (Phi) is 6.22. The summed E-state index contributed by atoms with van der Waals surface area (Å²) in [6.45, 7) is 4.46. The van der Waals surface area contributed by atoms with Crippen molar-refractivity contribution in [2.45, 2.75) is 26.3 Å². The van der Waals surface area contributed by atoms with Gasteiger partial charge in [-0.05, 0) is 73.5 Å². The molecule has 1 aromatic heterocycles. The lowest BCUT2D eigenvalue weighted by Gasteiger charge is -2.23. The zero-order valence-corrected chi connectivity index (χ0v) is 18.7. The Bertz CT molecular complexity index is 1190. The van der Waals surface area contributed by atoms with E-state index >= 15 is 0 Å². The van der Waals surface area contributed by atoms with Gasteiger partial charge >= 0.3 is 0 Å². The van der Waals surface area contributed by atoms with Crippen LogP contribution in [0.2, 0.25) is 0 Å². The SMILES string of the molecule is CCCOc1ccc(/C(O)=C2/C(=O)C(=O)N(c3ccc(OC)cc3)C2c2ccco2)cc1C. The summed E-state index contributed by atoms with van der Waals surface area (Å²) < 4.78 is 16.5. The standard InChI is InChI=1S/C26H25NO6/c1-4-13-32-20-12-7-17(15-16(20)2)24(28)22-23(21-6-5-14-33-21)27(26(30)25(22)29)18-8-10-19(31-3)11-9-18/h5-12,14-15,23,28H,4,13H2,1-3H3/b24-22-. The first-order chi connectivity index (χ1) is 16.0. The highest BCUT2D eigenvalue weighted by molar-refractivity contribution is 6.51. The van der Waals surface area contributed by atoms with Crippen molar-refractivity contribution in [2.75, 3.05) is 18.6 Å². The molecule has 170 valence electrons. The first kappa shape index (κ1) is 22.2. The van der Waals surface area contributed by atoms with Gasteiger partial charge in [-0.15, -0.1) is 0 Å². The van der Waals surface area contributed by atoms with Gasteiger partial charge in [0, 0.05) is 11.3 Å². The van der Waals surface area contributed by atoms with E-state index in [1.165, 1.54) is 11.2 Å². The fourth-order valence-electron chi connectivity index (χ4n) is 3.88. The lowest BCUT2D eigenvalue weighted by Crippen LogP contribution is -2.29. The van der Waals surface area contributed by atoms with Crippen LogP contribution in [0.4, 0.5) is 5.69 Å². The smallest absolute Gasteiger partial charge is 0.300 e. The van der Waals surface area contributed by atoms with Crippen molar-refractivity contribution in [3.05, 3.63) is 83.3 Å². The normalized spacial score (nSPS) is 17.4. The third-order valence-electron chi connectivity index (χ3n) is 5.52. The molecule has 0 radical (unpaired) electrons. The largest absolute Gasteiger partial charge is 0.507 e. The van der Waals surface area contributed by atoms with Crippen LogP contribution >= 0.6 is 0 Å². The molecule has 1 aliphatic heterocycles. The highest BCUT2D eigenvalue weighted by Gasteiger charge is 2.48. The minimum Gasteiger partial charge on any atom is -0.507 e. The number of hydrogen-bond donors (Lipinski definition) is 1. The molecule has 3 aromatic rings. The van der Waals surface area contributed by atoms with Gasteiger partial charge in [0.05, 0.1) is 25.6 Å². The van der Waals surface area contributed by atoms with Crippen molar-refractivity contribution in [2.24, 2.45) is 0 Å². The number of aliphatic hydroxyl groups is 1. The molecular formula is C26H25NO6. The summed E-state index contributed by atoms with van der Waals surface area (Å²) in [5, 5.41) is 11.2. The molecule has 1 unspecified atom stereocenters. The first-order valence-corrected chi connectivity index (χ1v) is 10.7. The molecule has 33 heavy (non-hydrogen) atoms. The molecule has 0 saturated carbocycles. The number of aryl methyl sites for hydroxylation is 1. The van der Waals surface area contributed by atoms with Crippen LogP contribution in [0, 0.1) is 6.92 Å². The third kappa shape index (κ3) is 4.09. The number of nitrogens with zero attached hydrogens (tertiary/aromatic N) is 1. The van der Waals surface area contributed by atoms with Crippen molar-refractivity contribution in [3.8, 4) is 11.5 Å². The van der Waals surface area contributed by atoms with Crippen LogP contribution in [0.15, 0.2) is 70.9 Å². The van der Waals surface area contributed by atoms with Crippen LogP contribution in [-0.2, 0) is 9.59 Å². The van der Waals surface area contributed by atoms with Crippen molar-refractivity contribution in [3.63, 3.8) is 0 Å². The van der Waals surface area contributed by atoms with E-state index in [-0.39, 0.29) is 11.3 Å². The maximum atomic E-state index is 13.1. The molecule has 1 amide bonds. The Morgan fingerprint density at radius 2 is 1.88 bits per heavy atom. The monoisotopic (exact) mass is 447 g/mol. The number of hydrogen-bond acceptors (Lipinski definition) is 6. The van der Waals surface area contributed by atoms with E-state index in [0.29, 0.717) is 35.1 Å². The topological polar surface area (TPSA) is 89.2 Å².